The zero-order valence-corrected chi connectivity index (χ0v) is 12.9. The maximum absolute atomic E-state index is 13.6. The average Bonchev–Trinajstić information content (AvgIpc) is 2.84. The molecule has 1 heterocycles. The predicted molar refractivity (Wildman–Crippen MR) is 75.4 cm³/mol. The van der Waals surface area contributed by atoms with Crippen LogP contribution in [0.15, 0.2) is 5.38 Å². The molecular formula is C13H18ClF2NO2S. The second kappa shape index (κ2) is 8.52. The summed E-state index contributed by atoms with van der Waals surface area (Å²) < 4.78 is 31.9. The Morgan fingerprint density at radius 2 is 2.00 bits per heavy atom. The van der Waals surface area contributed by atoms with Crippen LogP contribution in [-0.4, -0.2) is 17.6 Å². The van der Waals surface area contributed by atoms with E-state index in [2.05, 4.69) is 16.6 Å². The van der Waals surface area contributed by atoms with Crippen molar-refractivity contribution in [2.24, 2.45) is 0 Å². The van der Waals surface area contributed by atoms with E-state index >= 15 is 0 Å². The van der Waals surface area contributed by atoms with E-state index in [4.69, 9.17) is 11.6 Å². The third-order valence-corrected chi connectivity index (χ3v) is 3.76. The lowest BCUT2D eigenvalue weighted by Gasteiger charge is -2.12. The van der Waals surface area contributed by atoms with Gasteiger partial charge in [0, 0.05) is 5.38 Å². The van der Waals surface area contributed by atoms with Gasteiger partial charge in [0.25, 0.3) is 0 Å². The van der Waals surface area contributed by atoms with E-state index in [9.17, 15) is 13.6 Å². The maximum Gasteiger partial charge on any atom is 0.385 e. The summed E-state index contributed by atoms with van der Waals surface area (Å²) in [5.74, 6) is -5.29. The van der Waals surface area contributed by atoms with Crippen LogP contribution in [0.3, 0.4) is 0 Å². The molecule has 0 fully saturated rings. The Bertz CT molecular complexity index is 426. The number of thiazole rings is 1. The number of rotatable bonds is 9. The Labute approximate surface area is 126 Å². The van der Waals surface area contributed by atoms with Gasteiger partial charge in [0.05, 0.1) is 6.61 Å². The van der Waals surface area contributed by atoms with Crippen LogP contribution in [0.1, 0.15) is 51.1 Å². The molecule has 0 radical (unpaired) electrons. The fourth-order valence-electron chi connectivity index (χ4n) is 1.64. The summed E-state index contributed by atoms with van der Waals surface area (Å²) in [4.78, 5) is 14.8. The number of ether oxygens (including phenoxy) is 1. The van der Waals surface area contributed by atoms with Gasteiger partial charge in [-0.25, -0.2) is 9.78 Å². The topological polar surface area (TPSA) is 39.2 Å². The zero-order valence-electron chi connectivity index (χ0n) is 11.3. The molecule has 20 heavy (non-hydrogen) atoms. The Kier molecular flexibility index (Phi) is 7.37. The summed E-state index contributed by atoms with van der Waals surface area (Å²) in [6.45, 7) is 2.13. The monoisotopic (exact) mass is 325 g/mol. The van der Waals surface area contributed by atoms with E-state index in [0.29, 0.717) is 6.42 Å². The zero-order chi connectivity index (χ0) is 15.0. The lowest BCUT2D eigenvalue weighted by atomic mass is 10.1. The first-order valence-electron chi connectivity index (χ1n) is 6.65. The highest BCUT2D eigenvalue weighted by Crippen LogP contribution is 2.31. The summed E-state index contributed by atoms with van der Waals surface area (Å²) in [7, 11) is 0. The minimum atomic E-state index is -3.73. The molecular weight excluding hydrogens is 308 g/mol. The summed E-state index contributed by atoms with van der Waals surface area (Å²) in [6, 6.07) is 0. The van der Waals surface area contributed by atoms with E-state index in [1.54, 1.807) is 0 Å². The first-order chi connectivity index (χ1) is 9.48. The molecule has 0 N–H and O–H groups in total. The molecule has 0 aliphatic heterocycles. The van der Waals surface area contributed by atoms with Crippen molar-refractivity contribution in [2.75, 3.05) is 6.61 Å². The highest BCUT2D eigenvalue weighted by atomic mass is 35.5. The van der Waals surface area contributed by atoms with Crippen molar-refractivity contribution in [3.8, 4) is 0 Å². The smallest absolute Gasteiger partial charge is 0.385 e. The molecule has 1 aromatic heterocycles. The molecule has 0 unspecified atom stereocenters. The minimum Gasteiger partial charge on any atom is -0.461 e. The van der Waals surface area contributed by atoms with Gasteiger partial charge in [-0.2, -0.15) is 8.78 Å². The molecule has 0 aromatic carbocycles. The van der Waals surface area contributed by atoms with Gasteiger partial charge in [0.15, 0.2) is 4.47 Å². The van der Waals surface area contributed by atoms with Crippen molar-refractivity contribution < 1.29 is 18.3 Å². The number of nitrogens with zero attached hydrogens (tertiary/aromatic N) is 1. The Balaban J connectivity index is 2.28. The number of hydrogen-bond donors (Lipinski definition) is 0. The van der Waals surface area contributed by atoms with Gasteiger partial charge < -0.3 is 4.74 Å². The standard InChI is InChI=1S/C13H18ClF2NO2S/c1-2-3-4-5-6-7-8-19-11(18)13(15,16)10-9-20-12(14)17-10/h9H,2-8H2,1H3. The number of carbonyl (C=O) groups is 1. The van der Waals surface area contributed by atoms with Gasteiger partial charge in [-0.3, -0.25) is 0 Å². The third-order valence-electron chi connectivity index (χ3n) is 2.79. The normalized spacial score (nSPS) is 11.6. The van der Waals surface area contributed by atoms with E-state index < -0.39 is 17.6 Å². The van der Waals surface area contributed by atoms with Crippen LogP contribution >= 0.6 is 22.9 Å². The van der Waals surface area contributed by atoms with Crippen LogP contribution in [0, 0.1) is 0 Å². The number of hydrogen-bond acceptors (Lipinski definition) is 4. The van der Waals surface area contributed by atoms with Gasteiger partial charge in [0.2, 0.25) is 0 Å². The molecule has 7 heteroatoms. The van der Waals surface area contributed by atoms with Crippen molar-refractivity contribution in [1.82, 2.24) is 4.98 Å². The van der Waals surface area contributed by atoms with E-state index in [1.807, 2.05) is 0 Å². The van der Waals surface area contributed by atoms with Crippen LogP contribution in [0.4, 0.5) is 8.78 Å². The van der Waals surface area contributed by atoms with Crippen molar-refractivity contribution in [1.29, 1.82) is 0 Å². The van der Waals surface area contributed by atoms with Crippen molar-refractivity contribution in [3.63, 3.8) is 0 Å². The molecule has 114 valence electrons. The molecule has 1 aromatic rings. The van der Waals surface area contributed by atoms with Crippen LogP contribution in [0.2, 0.25) is 4.47 Å². The number of aromatic nitrogens is 1. The average molecular weight is 326 g/mol. The second-order valence-corrected chi connectivity index (χ2v) is 5.90. The Morgan fingerprint density at radius 3 is 2.60 bits per heavy atom. The van der Waals surface area contributed by atoms with Gasteiger partial charge in [-0.1, -0.05) is 50.6 Å². The molecule has 0 spiro atoms. The summed E-state index contributed by atoms with van der Waals surface area (Å²) >= 11 is 6.34. The van der Waals surface area contributed by atoms with Gasteiger partial charge in [0.1, 0.15) is 5.69 Å². The van der Waals surface area contributed by atoms with Gasteiger partial charge >= 0.3 is 11.9 Å². The maximum atomic E-state index is 13.6. The van der Waals surface area contributed by atoms with Crippen LogP contribution in [-0.2, 0) is 15.5 Å². The van der Waals surface area contributed by atoms with Gasteiger partial charge in [-0.15, -0.1) is 11.3 Å². The Hall–Kier alpha value is -0.750. The fourth-order valence-corrected chi connectivity index (χ4v) is 2.42. The van der Waals surface area contributed by atoms with Crippen molar-refractivity contribution in [2.45, 2.75) is 51.4 Å². The molecule has 0 atom stereocenters. The van der Waals surface area contributed by atoms with Crippen LogP contribution in [0.5, 0.6) is 0 Å². The van der Waals surface area contributed by atoms with E-state index in [0.717, 1.165) is 42.4 Å². The highest BCUT2D eigenvalue weighted by Gasteiger charge is 2.45. The molecule has 0 saturated carbocycles. The largest absolute Gasteiger partial charge is 0.461 e. The molecule has 0 aliphatic carbocycles. The summed E-state index contributed by atoms with van der Waals surface area (Å²) in [5, 5.41) is 1.06. The lowest BCUT2D eigenvalue weighted by molar-refractivity contribution is -0.174. The number of unbranched alkanes of at least 4 members (excludes halogenated alkanes) is 5. The summed E-state index contributed by atoms with van der Waals surface area (Å²) in [6.07, 6.45) is 5.95. The van der Waals surface area contributed by atoms with Crippen LogP contribution < -0.4 is 0 Å². The SMILES string of the molecule is CCCCCCCCOC(=O)C(F)(F)c1csc(Cl)n1. The number of esters is 1. The number of carbonyl (C=O) groups excluding carboxylic acids is 1. The first kappa shape index (κ1) is 17.3. The molecule has 0 saturated heterocycles. The molecule has 0 amide bonds. The van der Waals surface area contributed by atoms with Crippen molar-refractivity contribution in [3.05, 3.63) is 15.5 Å². The first-order valence-corrected chi connectivity index (χ1v) is 7.90. The molecule has 0 aliphatic rings. The molecule has 3 nitrogen and oxygen atoms in total. The third kappa shape index (κ3) is 5.32. The second-order valence-electron chi connectivity index (χ2n) is 4.46. The molecule has 0 bridgehead atoms. The minimum absolute atomic E-state index is 0.0123. The Morgan fingerprint density at radius 1 is 1.35 bits per heavy atom. The van der Waals surface area contributed by atoms with E-state index in [-0.39, 0.29) is 11.1 Å². The number of halogens is 3. The van der Waals surface area contributed by atoms with E-state index in [1.165, 1.54) is 6.42 Å². The lowest BCUT2D eigenvalue weighted by Crippen LogP contribution is -2.29. The quantitative estimate of drug-likeness (QED) is 0.484. The van der Waals surface area contributed by atoms with Crippen LogP contribution in [0.25, 0.3) is 0 Å². The fraction of sp³-hybridized carbons (Fsp3) is 0.692. The van der Waals surface area contributed by atoms with Crippen molar-refractivity contribution >= 4 is 28.9 Å². The predicted octanol–water partition coefficient (Wildman–Crippen LogP) is 4.79. The number of alkyl halides is 2. The summed E-state index contributed by atoms with van der Waals surface area (Å²) in [5.41, 5.74) is -0.652. The highest BCUT2D eigenvalue weighted by molar-refractivity contribution is 7.14. The molecule has 1 rings (SSSR count). The van der Waals surface area contributed by atoms with Gasteiger partial charge in [-0.05, 0) is 6.42 Å².